The van der Waals surface area contributed by atoms with Crippen LogP contribution in [0.4, 0.5) is 8.78 Å². The number of rotatable bonds is 10. The molecule has 3 rings (SSSR count). The maximum atomic E-state index is 13.4. The van der Waals surface area contributed by atoms with Gasteiger partial charge < -0.3 is 16.0 Å². The van der Waals surface area contributed by atoms with Crippen LogP contribution in [0.25, 0.3) is 0 Å². The lowest BCUT2D eigenvalue weighted by atomic mass is 10.0. The Balaban J connectivity index is 1.62. The van der Waals surface area contributed by atoms with Crippen LogP contribution < -0.4 is 16.0 Å². The van der Waals surface area contributed by atoms with Gasteiger partial charge in [0, 0.05) is 24.1 Å². The van der Waals surface area contributed by atoms with Crippen LogP contribution in [0.3, 0.4) is 0 Å². The summed E-state index contributed by atoms with van der Waals surface area (Å²) in [4.78, 5) is 38.1. The Morgan fingerprint density at radius 1 is 0.806 bits per heavy atom. The van der Waals surface area contributed by atoms with Crippen molar-refractivity contribution in [1.29, 1.82) is 0 Å². The van der Waals surface area contributed by atoms with E-state index in [1.54, 1.807) is 18.2 Å². The summed E-state index contributed by atoms with van der Waals surface area (Å²) in [5.41, 5.74) is 1.78. The lowest BCUT2D eigenvalue weighted by Crippen LogP contribution is -2.53. The Hall–Kier alpha value is -3.78. The third-order valence-corrected chi connectivity index (χ3v) is 5.56. The second-order valence-electron chi connectivity index (χ2n) is 8.34. The molecule has 0 aliphatic rings. The van der Waals surface area contributed by atoms with Crippen molar-refractivity contribution >= 4 is 29.3 Å². The van der Waals surface area contributed by atoms with Crippen molar-refractivity contribution in [1.82, 2.24) is 16.0 Å². The van der Waals surface area contributed by atoms with Crippen LogP contribution in [0.2, 0.25) is 5.02 Å². The first-order chi connectivity index (χ1) is 17.2. The molecule has 0 aliphatic heterocycles. The van der Waals surface area contributed by atoms with E-state index in [1.807, 2.05) is 36.4 Å². The number of amides is 3. The van der Waals surface area contributed by atoms with Crippen molar-refractivity contribution in [2.24, 2.45) is 0 Å². The number of carbonyl (C=O) groups excluding carboxylic acids is 3. The minimum atomic E-state index is -0.991. The third kappa shape index (κ3) is 8.46. The van der Waals surface area contributed by atoms with Gasteiger partial charge in [0.05, 0.1) is 6.42 Å². The number of hydrogen-bond donors (Lipinski definition) is 3. The first kappa shape index (κ1) is 26.8. The highest BCUT2D eigenvalue weighted by molar-refractivity contribution is 6.30. The van der Waals surface area contributed by atoms with Gasteiger partial charge in [0.15, 0.2) is 0 Å². The molecule has 0 bridgehead atoms. The molecule has 188 valence electrons. The summed E-state index contributed by atoms with van der Waals surface area (Å²) in [6.07, 6.45) is -0.0724. The predicted octanol–water partition coefficient (Wildman–Crippen LogP) is 3.71. The Bertz CT molecular complexity index is 1200. The Morgan fingerprint density at radius 2 is 1.47 bits per heavy atom. The van der Waals surface area contributed by atoms with Crippen LogP contribution >= 0.6 is 11.6 Å². The fraction of sp³-hybridized carbons (Fsp3) is 0.222. The van der Waals surface area contributed by atoms with Gasteiger partial charge in [-0.3, -0.25) is 14.4 Å². The summed E-state index contributed by atoms with van der Waals surface area (Å²) in [5, 5.41) is 8.53. The predicted molar refractivity (Wildman–Crippen MR) is 133 cm³/mol. The molecule has 3 N–H and O–H groups in total. The van der Waals surface area contributed by atoms with Crippen molar-refractivity contribution in [2.45, 2.75) is 38.4 Å². The molecule has 6 nitrogen and oxygen atoms in total. The normalized spacial score (nSPS) is 12.3. The second-order valence-corrected chi connectivity index (χ2v) is 8.78. The molecule has 0 aromatic heterocycles. The SMILES string of the molecule is C[C@H](NC(=O)Cc1cc(F)cc(F)c1)C(=O)N[C@@H](Cc1ccccc1)C(=O)NCc1cccc(Cl)c1. The number of carbonyl (C=O) groups is 3. The maximum absolute atomic E-state index is 13.4. The molecule has 3 aromatic carbocycles. The van der Waals surface area contributed by atoms with E-state index in [4.69, 9.17) is 11.6 Å². The number of hydrogen-bond acceptors (Lipinski definition) is 3. The minimum Gasteiger partial charge on any atom is -0.350 e. The first-order valence-electron chi connectivity index (χ1n) is 11.3. The topological polar surface area (TPSA) is 87.3 Å². The van der Waals surface area contributed by atoms with Crippen molar-refractivity contribution in [3.63, 3.8) is 0 Å². The van der Waals surface area contributed by atoms with Crippen LogP contribution in [-0.2, 0) is 33.8 Å². The van der Waals surface area contributed by atoms with Gasteiger partial charge in [0.25, 0.3) is 0 Å². The van der Waals surface area contributed by atoms with Crippen LogP contribution in [0.15, 0.2) is 72.8 Å². The van der Waals surface area contributed by atoms with Crippen LogP contribution in [-0.4, -0.2) is 29.8 Å². The van der Waals surface area contributed by atoms with Crippen LogP contribution in [0.1, 0.15) is 23.6 Å². The Labute approximate surface area is 213 Å². The monoisotopic (exact) mass is 513 g/mol. The van der Waals surface area contributed by atoms with Gasteiger partial charge >= 0.3 is 0 Å². The molecular formula is C27H26ClF2N3O3. The zero-order valence-corrected chi connectivity index (χ0v) is 20.3. The fourth-order valence-corrected chi connectivity index (χ4v) is 3.78. The molecule has 0 saturated heterocycles. The Morgan fingerprint density at radius 3 is 2.14 bits per heavy atom. The Kier molecular flexibility index (Phi) is 9.53. The quantitative estimate of drug-likeness (QED) is 0.386. The summed E-state index contributed by atoms with van der Waals surface area (Å²) in [7, 11) is 0. The molecule has 0 unspecified atom stereocenters. The van der Waals surface area contributed by atoms with Crippen molar-refractivity contribution in [3.8, 4) is 0 Å². The average Bonchev–Trinajstić information content (AvgIpc) is 2.82. The summed E-state index contributed by atoms with van der Waals surface area (Å²) < 4.78 is 26.8. The first-order valence-corrected chi connectivity index (χ1v) is 11.7. The number of halogens is 3. The molecule has 0 spiro atoms. The number of benzene rings is 3. The third-order valence-electron chi connectivity index (χ3n) is 5.33. The lowest BCUT2D eigenvalue weighted by molar-refractivity contribution is -0.131. The minimum absolute atomic E-state index is 0.139. The summed E-state index contributed by atoms with van der Waals surface area (Å²) in [5.74, 6) is -3.16. The van der Waals surface area contributed by atoms with E-state index in [0.29, 0.717) is 11.1 Å². The fourth-order valence-electron chi connectivity index (χ4n) is 3.57. The zero-order valence-electron chi connectivity index (χ0n) is 19.6. The lowest BCUT2D eigenvalue weighted by Gasteiger charge is -2.21. The summed E-state index contributed by atoms with van der Waals surface area (Å²) in [6.45, 7) is 1.68. The van der Waals surface area contributed by atoms with Gasteiger partial charge in [-0.25, -0.2) is 8.78 Å². The molecular weight excluding hydrogens is 488 g/mol. The molecule has 0 aliphatic carbocycles. The molecule has 0 fully saturated rings. The smallest absolute Gasteiger partial charge is 0.243 e. The molecule has 0 radical (unpaired) electrons. The van der Waals surface area contributed by atoms with Gasteiger partial charge in [0.1, 0.15) is 23.7 Å². The second kappa shape index (κ2) is 12.8. The number of nitrogens with one attached hydrogen (secondary N) is 3. The molecule has 3 aromatic rings. The highest BCUT2D eigenvalue weighted by atomic mass is 35.5. The highest BCUT2D eigenvalue weighted by Crippen LogP contribution is 2.11. The van der Waals surface area contributed by atoms with E-state index in [1.165, 1.54) is 6.92 Å². The van der Waals surface area contributed by atoms with Crippen LogP contribution in [0, 0.1) is 11.6 Å². The van der Waals surface area contributed by atoms with Gasteiger partial charge in [-0.15, -0.1) is 0 Å². The van der Waals surface area contributed by atoms with E-state index >= 15 is 0 Å². The van der Waals surface area contributed by atoms with E-state index in [-0.39, 0.29) is 24.9 Å². The standard InChI is InChI=1S/C27H26ClF2N3O3/c1-17(32-25(34)14-20-11-22(29)15-23(30)12-20)26(35)33-24(13-18-6-3-2-4-7-18)27(36)31-16-19-8-5-9-21(28)10-19/h2-12,15,17,24H,13-14,16H2,1H3,(H,31,36)(H,32,34)(H,33,35)/t17-,24-/m0/s1. The van der Waals surface area contributed by atoms with Gasteiger partial charge in [0.2, 0.25) is 17.7 Å². The molecule has 36 heavy (non-hydrogen) atoms. The van der Waals surface area contributed by atoms with Crippen LogP contribution in [0.5, 0.6) is 0 Å². The molecule has 2 atom stereocenters. The largest absolute Gasteiger partial charge is 0.350 e. The van der Waals surface area contributed by atoms with E-state index in [0.717, 1.165) is 23.3 Å². The van der Waals surface area contributed by atoms with Crippen molar-refractivity contribution in [2.75, 3.05) is 0 Å². The average molecular weight is 514 g/mol. The molecule has 0 heterocycles. The highest BCUT2D eigenvalue weighted by Gasteiger charge is 2.25. The van der Waals surface area contributed by atoms with Crippen molar-refractivity contribution in [3.05, 3.63) is 106 Å². The zero-order chi connectivity index (χ0) is 26.1. The summed E-state index contributed by atoms with van der Waals surface area (Å²) >= 11 is 6.00. The molecule has 9 heteroatoms. The maximum Gasteiger partial charge on any atom is 0.243 e. The molecule has 0 saturated carbocycles. The van der Waals surface area contributed by atoms with Gasteiger partial charge in [-0.2, -0.15) is 0 Å². The van der Waals surface area contributed by atoms with Gasteiger partial charge in [-0.05, 0) is 47.9 Å². The van der Waals surface area contributed by atoms with E-state index < -0.39 is 41.4 Å². The van der Waals surface area contributed by atoms with Gasteiger partial charge in [-0.1, -0.05) is 54.1 Å². The summed E-state index contributed by atoms with van der Waals surface area (Å²) in [6, 6.07) is 17.1. The van der Waals surface area contributed by atoms with Crippen molar-refractivity contribution < 1.29 is 23.2 Å². The molecule has 3 amide bonds. The van der Waals surface area contributed by atoms with E-state index in [9.17, 15) is 23.2 Å². The van der Waals surface area contributed by atoms with E-state index in [2.05, 4.69) is 16.0 Å².